The molecule has 4 nitrogen and oxygen atoms in total. The molecule has 0 atom stereocenters. The topological polar surface area (TPSA) is 41.6 Å². The summed E-state index contributed by atoms with van der Waals surface area (Å²) in [6.45, 7) is 2.96. The van der Waals surface area contributed by atoms with Crippen molar-refractivity contribution in [2.45, 2.75) is 24.9 Å². The molecule has 0 aliphatic carbocycles. The number of benzene rings is 2. The minimum Gasteiger partial charge on any atom is -0.441 e. The van der Waals surface area contributed by atoms with Gasteiger partial charge in [0.2, 0.25) is 0 Å². The van der Waals surface area contributed by atoms with Crippen molar-refractivity contribution in [3.8, 4) is 0 Å². The molecule has 2 aromatic carbocycles. The van der Waals surface area contributed by atoms with Crippen LogP contribution in [0.1, 0.15) is 24.0 Å². The van der Waals surface area contributed by atoms with Gasteiger partial charge in [-0.1, -0.05) is 48.5 Å². The highest BCUT2D eigenvalue weighted by atomic mass is 16.6. The molecule has 24 heavy (non-hydrogen) atoms. The van der Waals surface area contributed by atoms with E-state index in [0.717, 1.165) is 50.1 Å². The molecule has 2 heterocycles. The number of amides is 1. The Kier molecular flexibility index (Phi) is 3.98. The van der Waals surface area contributed by atoms with Crippen molar-refractivity contribution in [2.75, 3.05) is 25.0 Å². The zero-order valence-electron chi connectivity index (χ0n) is 13.7. The van der Waals surface area contributed by atoms with E-state index in [2.05, 4.69) is 22.3 Å². The van der Waals surface area contributed by atoms with Crippen LogP contribution in [0.25, 0.3) is 0 Å². The molecule has 124 valence electrons. The summed E-state index contributed by atoms with van der Waals surface area (Å²) >= 11 is 0. The maximum atomic E-state index is 12.4. The molecule has 2 bridgehead atoms. The third-order valence-corrected chi connectivity index (χ3v) is 5.08. The molecular weight excluding hydrogens is 300 g/mol. The summed E-state index contributed by atoms with van der Waals surface area (Å²) in [5.74, 6) is 0. The molecule has 4 heteroatoms. The van der Waals surface area contributed by atoms with Gasteiger partial charge < -0.3 is 4.74 Å². The first-order chi connectivity index (χ1) is 11.7. The van der Waals surface area contributed by atoms with E-state index in [0.29, 0.717) is 0 Å². The first-order valence-corrected chi connectivity index (χ1v) is 8.57. The Morgan fingerprint density at radius 1 is 1.04 bits per heavy atom. The summed E-state index contributed by atoms with van der Waals surface area (Å²) in [5.41, 5.74) is 2.88. The van der Waals surface area contributed by atoms with Crippen molar-refractivity contribution >= 4 is 11.8 Å². The van der Waals surface area contributed by atoms with E-state index in [1.165, 1.54) is 5.56 Å². The molecule has 0 spiro atoms. The van der Waals surface area contributed by atoms with E-state index in [9.17, 15) is 4.79 Å². The van der Waals surface area contributed by atoms with E-state index in [1.807, 2.05) is 42.5 Å². The average Bonchev–Trinajstić information content (AvgIpc) is 3.18. The second-order valence-corrected chi connectivity index (χ2v) is 6.79. The Hall–Kier alpha value is -2.33. The zero-order valence-corrected chi connectivity index (χ0v) is 13.7. The molecule has 0 aromatic heterocycles. The Balaban J connectivity index is 1.45. The molecule has 1 N–H and O–H groups in total. The fourth-order valence-electron chi connectivity index (χ4n) is 3.76. The van der Waals surface area contributed by atoms with Gasteiger partial charge in [0.05, 0.1) is 0 Å². The van der Waals surface area contributed by atoms with Crippen molar-refractivity contribution < 1.29 is 9.53 Å². The van der Waals surface area contributed by atoms with Crippen LogP contribution in [0.4, 0.5) is 10.5 Å². The van der Waals surface area contributed by atoms with Gasteiger partial charge in [0.1, 0.15) is 5.60 Å². The van der Waals surface area contributed by atoms with Crippen LogP contribution in [0.2, 0.25) is 0 Å². The van der Waals surface area contributed by atoms with Gasteiger partial charge >= 0.3 is 6.09 Å². The lowest BCUT2D eigenvalue weighted by Gasteiger charge is -2.25. The van der Waals surface area contributed by atoms with Crippen LogP contribution in [0.15, 0.2) is 54.6 Å². The number of hydrogen-bond donors (Lipinski definition) is 1. The number of fused-ring (bicyclic) bond motifs is 2. The van der Waals surface area contributed by atoms with E-state index in [4.69, 9.17) is 4.74 Å². The molecule has 0 radical (unpaired) electrons. The fourth-order valence-corrected chi connectivity index (χ4v) is 3.76. The molecule has 2 fully saturated rings. The number of hydrogen-bond acceptors (Lipinski definition) is 3. The highest BCUT2D eigenvalue weighted by molar-refractivity contribution is 5.86. The van der Waals surface area contributed by atoms with Crippen LogP contribution in [-0.4, -0.2) is 36.2 Å². The lowest BCUT2D eigenvalue weighted by molar-refractivity contribution is 0.0403. The number of nitrogens with zero attached hydrogens (tertiary/aromatic N) is 1. The minimum absolute atomic E-state index is 0.265. The number of rotatable bonds is 4. The van der Waals surface area contributed by atoms with E-state index >= 15 is 0 Å². The largest absolute Gasteiger partial charge is 0.441 e. The monoisotopic (exact) mass is 322 g/mol. The normalized spacial score (nSPS) is 24.8. The van der Waals surface area contributed by atoms with Crippen molar-refractivity contribution in [3.05, 3.63) is 65.7 Å². The Labute approximate surface area is 142 Å². The summed E-state index contributed by atoms with van der Waals surface area (Å²) in [6, 6.07) is 18.2. The summed E-state index contributed by atoms with van der Waals surface area (Å²) in [7, 11) is 0. The van der Waals surface area contributed by atoms with Gasteiger partial charge in [0, 0.05) is 38.2 Å². The molecule has 2 saturated heterocycles. The highest BCUT2D eigenvalue weighted by Gasteiger charge is 2.46. The predicted octanol–water partition coefficient (Wildman–Crippen LogP) is 3.67. The second-order valence-electron chi connectivity index (χ2n) is 6.79. The molecule has 0 unspecified atom stereocenters. The first kappa shape index (κ1) is 15.2. The Bertz CT molecular complexity index is 721. The fraction of sp³-hybridized carbons (Fsp3) is 0.350. The summed E-state index contributed by atoms with van der Waals surface area (Å²) in [6.07, 6.45) is 2.35. The molecule has 1 amide bonds. The van der Waals surface area contributed by atoms with Crippen LogP contribution < -0.4 is 5.32 Å². The second kappa shape index (κ2) is 6.29. The van der Waals surface area contributed by atoms with Gasteiger partial charge in [-0.25, -0.2) is 4.79 Å². The maximum absolute atomic E-state index is 12.4. The van der Waals surface area contributed by atoms with Crippen LogP contribution in [-0.2, 0) is 11.2 Å². The number of nitrogens with one attached hydrogen (secondary N) is 1. The molecular formula is C20H22N2O2. The summed E-state index contributed by atoms with van der Waals surface area (Å²) in [4.78, 5) is 14.8. The molecule has 4 rings (SSSR count). The van der Waals surface area contributed by atoms with Gasteiger partial charge in [-0.15, -0.1) is 0 Å². The number of anilines is 1. The minimum atomic E-state index is -0.334. The van der Waals surface area contributed by atoms with Gasteiger partial charge in [0.25, 0.3) is 0 Å². The highest BCUT2D eigenvalue weighted by Crippen LogP contribution is 2.35. The lowest BCUT2D eigenvalue weighted by atomic mass is 10.00. The van der Waals surface area contributed by atoms with Crippen LogP contribution in [0.3, 0.4) is 0 Å². The van der Waals surface area contributed by atoms with E-state index in [-0.39, 0.29) is 11.7 Å². The molecule has 2 aliphatic rings. The standard InChI is InChI=1S/C20H22N2O2/c23-19(24-20-10-12-22(15-20)13-11-20)21-18-9-5-4-8-17(18)14-16-6-2-1-3-7-16/h1-9H,10-15H2,(H,21,23). The number of carbonyl (C=O) groups excluding carboxylic acids is 1. The number of carbonyl (C=O) groups is 1. The molecule has 2 aromatic rings. The molecule has 2 aliphatic heterocycles. The quantitative estimate of drug-likeness (QED) is 0.934. The summed E-state index contributed by atoms with van der Waals surface area (Å²) < 4.78 is 5.81. The Morgan fingerprint density at radius 3 is 2.46 bits per heavy atom. The van der Waals surface area contributed by atoms with Crippen LogP contribution in [0.5, 0.6) is 0 Å². The van der Waals surface area contributed by atoms with Crippen LogP contribution in [0, 0.1) is 0 Å². The van der Waals surface area contributed by atoms with Crippen molar-refractivity contribution in [1.82, 2.24) is 4.90 Å². The number of piperidine rings is 1. The van der Waals surface area contributed by atoms with Gasteiger partial charge in [-0.2, -0.15) is 0 Å². The van der Waals surface area contributed by atoms with E-state index in [1.54, 1.807) is 0 Å². The SMILES string of the molecule is O=C(Nc1ccccc1Cc1ccccc1)OC12CCN(CC1)C2. The van der Waals surface area contributed by atoms with Gasteiger partial charge in [-0.05, 0) is 23.6 Å². The maximum Gasteiger partial charge on any atom is 0.412 e. The smallest absolute Gasteiger partial charge is 0.412 e. The first-order valence-electron chi connectivity index (χ1n) is 8.57. The number of para-hydroxylation sites is 1. The average molecular weight is 322 g/mol. The molecule has 0 saturated carbocycles. The van der Waals surface area contributed by atoms with Crippen molar-refractivity contribution in [2.24, 2.45) is 0 Å². The predicted molar refractivity (Wildman–Crippen MR) is 94.2 cm³/mol. The van der Waals surface area contributed by atoms with Gasteiger partial charge in [-0.3, -0.25) is 10.2 Å². The third kappa shape index (κ3) is 3.15. The zero-order chi connectivity index (χ0) is 16.4. The number of ether oxygens (including phenoxy) is 1. The van der Waals surface area contributed by atoms with Crippen LogP contribution >= 0.6 is 0 Å². The Morgan fingerprint density at radius 2 is 1.75 bits per heavy atom. The summed E-state index contributed by atoms with van der Waals surface area (Å²) in [5, 5.41) is 2.96. The van der Waals surface area contributed by atoms with Gasteiger partial charge in [0.15, 0.2) is 0 Å². The van der Waals surface area contributed by atoms with E-state index < -0.39 is 0 Å². The third-order valence-electron chi connectivity index (χ3n) is 5.08. The lowest BCUT2D eigenvalue weighted by Crippen LogP contribution is -2.35. The van der Waals surface area contributed by atoms with Crippen molar-refractivity contribution in [1.29, 1.82) is 0 Å². The van der Waals surface area contributed by atoms with Crippen molar-refractivity contribution in [3.63, 3.8) is 0 Å².